The first-order valence-electron chi connectivity index (χ1n) is 4.90. The molecule has 1 saturated heterocycles. The fourth-order valence-electron chi connectivity index (χ4n) is 1.57. The lowest BCUT2D eigenvalue weighted by molar-refractivity contribution is -0.209. The molecule has 1 fully saturated rings. The number of nitrogens with zero attached hydrogens (tertiary/aromatic N) is 1. The largest absolute Gasteiger partial charge is 0.415 e. The molecule has 0 saturated carbocycles. The number of aliphatic hydroxyl groups is 2. The maximum absolute atomic E-state index is 12.0. The molecule has 90 valence electrons. The molecule has 0 radical (unpaired) electrons. The summed E-state index contributed by atoms with van der Waals surface area (Å²) in [6.45, 7) is 2.05. The van der Waals surface area contributed by atoms with Crippen LogP contribution in [0, 0.1) is 0 Å². The summed E-state index contributed by atoms with van der Waals surface area (Å²) in [4.78, 5) is 1.52. The van der Waals surface area contributed by atoms with Crippen LogP contribution >= 0.6 is 0 Å². The Morgan fingerprint density at radius 1 is 1.33 bits per heavy atom. The minimum absolute atomic E-state index is 0.389. The molecule has 3 nitrogen and oxygen atoms in total. The number of alkyl halides is 3. The van der Waals surface area contributed by atoms with Crippen LogP contribution in [0.4, 0.5) is 13.2 Å². The van der Waals surface area contributed by atoms with E-state index in [0.717, 1.165) is 0 Å². The van der Waals surface area contributed by atoms with Crippen LogP contribution < -0.4 is 0 Å². The maximum Gasteiger partial charge on any atom is 0.415 e. The Kier molecular flexibility index (Phi) is 3.63. The average Bonchev–Trinajstić information content (AvgIpc) is 2.07. The SMILES string of the molecule is CC1(O)CCN(CC(O)C(F)(F)F)CC1. The van der Waals surface area contributed by atoms with Crippen molar-refractivity contribution in [2.45, 2.75) is 37.6 Å². The summed E-state index contributed by atoms with van der Waals surface area (Å²) in [5, 5.41) is 18.4. The predicted octanol–water partition coefficient (Wildman–Crippen LogP) is 0.756. The lowest BCUT2D eigenvalue weighted by Crippen LogP contribution is -2.47. The number of piperidine rings is 1. The molecule has 0 amide bonds. The van der Waals surface area contributed by atoms with Gasteiger partial charge in [0.25, 0.3) is 0 Å². The number of rotatable bonds is 2. The standard InChI is InChI=1S/C9H16F3NO2/c1-8(15)2-4-13(5-3-8)6-7(14)9(10,11)12/h7,14-15H,2-6H2,1H3. The third-order valence-electron chi connectivity index (χ3n) is 2.74. The number of hydrogen-bond donors (Lipinski definition) is 2. The van der Waals surface area contributed by atoms with Crippen molar-refractivity contribution in [1.82, 2.24) is 4.90 Å². The van der Waals surface area contributed by atoms with Crippen molar-refractivity contribution in [3.63, 3.8) is 0 Å². The summed E-state index contributed by atoms with van der Waals surface area (Å²) in [5.41, 5.74) is -0.778. The van der Waals surface area contributed by atoms with E-state index in [0.29, 0.717) is 25.9 Å². The van der Waals surface area contributed by atoms with E-state index in [1.54, 1.807) is 6.92 Å². The first-order valence-corrected chi connectivity index (χ1v) is 4.90. The number of halogens is 3. The summed E-state index contributed by atoms with van der Waals surface area (Å²) in [5.74, 6) is 0. The van der Waals surface area contributed by atoms with Gasteiger partial charge in [-0.1, -0.05) is 0 Å². The number of likely N-dealkylation sites (tertiary alicyclic amines) is 1. The van der Waals surface area contributed by atoms with Crippen molar-refractivity contribution in [2.24, 2.45) is 0 Å². The smallest absolute Gasteiger partial charge is 0.390 e. The molecule has 1 aliphatic heterocycles. The van der Waals surface area contributed by atoms with E-state index in [4.69, 9.17) is 5.11 Å². The summed E-state index contributed by atoms with van der Waals surface area (Å²) in [6.07, 6.45) is -5.96. The molecule has 0 bridgehead atoms. The van der Waals surface area contributed by atoms with Crippen LogP contribution in [0.25, 0.3) is 0 Å². The van der Waals surface area contributed by atoms with E-state index >= 15 is 0 Å². The molecule has 0 aliphatic carbocycles. The Morgan fingerprint density at radius 2 is 1.80 bits per heavy atom. The van der Waals surface area contributed by atoms with Crippen molar-refractivity contribution in [3.05, 3.63) is 0 Å². The first-order chi connectivity index (χ1) is 6.71. The second-order valence-corrected chi connectivity index (χ2v) is 4.35. The molecule has 0 aromatic carbocycles. The number of β-amino-alcohol motifs (C(OH)–C–C–N with tert-alkyl or cyclic N) is 1. The van der Waals surface area contributed by atoms with Gasteiger partial charge in [-0.25, -0.2) is 0 Å². The van der Waals surface area contributed by atoms with Crippen LogP contribution in [0.1, 0.15) is 19.8 Å². The van der Waals surface area contributed by atoms with Gasteiger partial charge < -0.3 is 15.1 Å². The van der Waals surface area contributed by atoms with Crippen LogP contribution in [0.5, 0.6) is 0 Å². The molecule has 0 aromatic heterocycles. The van der Waals surface area contributed by atoms with Crippen LogP contribution in [0.2, 0.25) is 0 Å². The van der Waals surface area contributed by atoms with Crippen molar-refractivity contribution in [3.8, 4) is 0 Å². The molecule has 0 aromatic rings. The summed E-state index contributed by atoms with van der Waals surface area (Å²) in [6, 6.07) is 0. The third kappa shape index (κ3) is 3.96. The Balaban J connectivity index is 2.36. The van der Waals surface area contributed by atoms with E-state index in [-0.39, 0.29) is 0 Å². The molecule has 0 spiro atoms. The van der Waals surface area contributed by atoms with E-state index in [2.05, 4.69) is 0 Å². The fourth-order valence-corrected chi connectivity index (χ4v) is 1.57. The van der Waals surface area contributed by atoms with Crippen molar-refractivity contribution < 1.29 is 23.4 Å². The van der Waals surface area contributed by atoms with Crippen molar-refractivity contribution in [2.75, 3.05) is 19.6 Å². The minimum atomic E-state index is -4.56. The van der Waals surface area contributed by atoms with Gasteiger partial charge in [-0.3, -0.25) is 0 Å². The molecule has 1 rings (SSSR count). The Labute approximate surface area is 86.5 Å². The highest BCUT2D eigenvalue weighted by molar-refractivity contribution is 4.83. The highest BCUT2D eigenvalue weighted by Crippen LogP contribution is 2.24. The molecular weight excluding hydrogens is 211 g/mol. The van der Waals surface area contributed by atoms with Crippen molar-refractivity contribution in [1.29, 1.82) is 0 Å². The van der Waals surface area contributed by atoms with Crippen LogP contribution in [-0.2, 0) is 0 Å². The third-order valence-corrected chi connectivity index (χ3v) is 2.74. The van der Waals surface area contributed by atoms with Gasteiger partial charge >= 0.3 is 6.18 Å². The molecule has 2 N–H and O–H groups in total. The summed E-state index contributed by atoms with van der Waals surface area (Å²) < 4.78 is 36.1. The fraction of sp³-hybridized carbons (Fsp3) is 1.00. The second-order valence-electron chi connectivity index (χ2n) is 4.35. The van der Waals surface area contributed by atoms with Gasteiger partial charge in [-0.05, 0) is 19.8 Å². The zero-order valence-corrected chi connectivity index (χ0v) is 8.59. The van der Waals surface area contributed by atoms with Gasteiger partial charge in [-0.2, -0.15) is 13.2 Å². The molecule has 15 heavy (non-hydrogen) atoms. The average molecular weight is 227 g/mol. The highest BCUT2D eigenvalue weighted by Gasteiger charge is 2.40. The Bertz CT molecular complexity index is 208. The number of hydrogen-bond acceptors (Lipinski definition) is 3. The van der Waals surface area contributed by atoms with Gasteiger partial charge in [0.2, 0.25) is 0 Å². The molecule has 1 heterocycles. The second kappa shape index (κ2) is 4.27. The van der Waals surface area contributed by atoms with Gasteiger partial charge in [0.05, 0.1) is 5.60 Å². The number of aliphatic hydroxyl groups excluding tert-OH is 1. The van der Waals surface area contributed by atoms with Crippen LogP contribution in [-0.4, -0.2) is 52.6 Å². The van der Waals surface area contributed by atoms with Crippen LogP contribution in [0.3, 0.4) is 0 Å². The van der Waals surface area contributed by atoms with Gasteiger partial charge in [0, 0.05) is 19.6 Å². The highest BCUT2D eigenvalue weighted by atomic mass is 19.4. The minimum Gasteiger partial charge on any atom is -0.390 e. The Hall–Kier alpha value is -0.330. The molecule has 1 unspecified atom stereocenters. The quantitative estimate of drug-likeness (QED) is 0.732. The summed E-state index contributed by atoms with van der Waals surface area (Å²) in [7, 11) is 0. The predicted molar refractivity (Wildman–Crippen MR) is 48.4 cm³/mol. The van der Waals surface area contributed by atoms with Gasteiger partial charge in [-0.15, -0.1) is 0 Å². The molecule has 1 atom stereocenters. The maximum atomic E-state index is 12.0. The molecule has 1 aliphatic rings. The lowest BCUT2D eigenvalue weighted by atomic mass is 9.94. The van der Waals surface area contributed by atoms with E-state index in [1.165, 1.54) is 4.90 Å². The lowest BCUT2D eigenvalue weighted by Gasteiger charge is -2.36. The Morgan fingerprint density at radius 3 is 2.20 bits per heavy atom. The monoisotopic (exact) mass is 227 g/mol. The zero-order valence-electron chi connectivity index (χ0n) is 8.59. The summed E-state index contributed by atoms with van der Waals surface area (Å²) >= 11 is 0. The first kappa shape index (κ1) is 12.7. The molecular formula is C9H16F3NO2. The molecule has 6 heteroatoms. The van der Waals surface area contributed by atoms with E-state index in [1.807, 2.05) is 0 Å². The zero-order chi connectivity index (χ0) is 11.7. The van der Waals surface area contributed by atoms with E-state index in [9.17, 15) is 18.3 Å². The topological polar surface area (TPSA) is 43.7 Å². The van der Waals surface area contributed by atoms with Crippen LogP contribution in [0.15, 0.2) is 0 Å². The van der Waals surface area contributed by atoms with E-state index < -0.39 is 24.4 Å². The van der Waals surface area contributed by atoms with Crippen molar-refractivity contribution >= 4 is 0 Å². The normalized spacial score (nSPS) is 25.2. The van der Waals surface area contributed by atoms with Gasteiger partial charge in [0.15, 0.2) is 6.10 Å². The van der Waals surface area contributed by atoms with Gasteiger partial charge in [0.1, 0.15) is 0 Å².